The van der Waals surface area contributed by atoms with Crippen LogP contribution in [0.5, 0.6) is 0 Å². The third-order valence-corrected chi connectivity index (χ3v) is 19.0. The van der Waals surface area contributed by atoms with Gasteiger partial charge in [0.15, 0.2) is 12.1 Å². The minimum absolute atomic E-state index is 0.0269. The zero-order valence-corrected chi connectivity index (χ0v) is 57.4. The number of aliphatic hydroxyl groups is 5. The lowest BCUT2D eigenvalue weighted by Crippen LogP contribution is -2.68. The van der Waals surface area contributed by atoms with Crippen molar-refractivity contribution in [2.45, 2.75) is 125 Å². The third kappa shape index (κ3) is 22.4. The van der Waals surface area contributed by atoms with Crippen LogP contribution in [0.1, 0.15) is 104 Å². The van der Waals surface area contributed by atoms with Crippen LogP contribution in [0, 0.1) is 0 Å². The van der Waals surface area contributed by atoms with Gasteiger partial charge in [-0.25, -0.2) is 9.59 Å². The molecule has 11 N–H and O–H groups in total. The molecule has 0 saturated carbocycles. The number of carboxylic acid groups (broad SMARTS) is 1. The molecule has 538 valence electrons. The van der Waals surface area contributed by atoms with Gasteiger partial charge in [-0.3, -0.25) is 33.6 Å². The number of benzene rings is 6. The Hall–Kier alpha value is -8.71. The lowest BCUT2D eigenvalue weighted by Gasteiger charge is -2.47. The Morgan fingerprint density at radius 3 is 1.47 bits per heavy atom. The molecule has 101 heavy (non-hydrogen) atoms. The van der Waals surface area contributed by atoms with Gasteiger partial charge in [-0.1, -0.05) is 115 Å². The maximum absolute atomic E-state index is 13.5. The van der Waals surface area contributed by atoms with E-state index in [0.29, 0.717) is 65.4 Å². The number of hydrogen-bond acceptors (Lipinski definition) is 21. The number of Topliss-reactive ketones (excluding diaryl/α,β-unsaturated/α-hetero) is 1. The Labute approximate surface area is 592 Å². The van der Waals surface area contributed by atoms with Crippen molar-refractivity contribution in [2.75, 3.05) is 55.9 Å². The van der Waals surface area contributed by atoms with E-state index >= 15 is 0 Å². The van der Waals surface area contributed by atoms with E-state index < -0.39 is 134 Å². The molecular weight excluding hydrogens is 1340 g/mol. The molecule has 2 saturated heterocycles. The van der Waals surface area contributed by atoms with Crippen molar-refractivity contribution in [3.63, 3.8) is 0 Å². The summed E-state index contributed by atoms with van der Waals surface area (Å²) >= 11 is 2.96. The molecule has 5 amide bonds. The maximum Gasteiger partial charge on any atom is 0.364 e. The van der Waals surface area contributed by atoms with Crippen LogP contribution in [-0.2, 0) is 42.9 Å². The molecule has 25 nitrogen and oxygen atoms in total. The highest BCUT2D eigenvalue weighted by Gasteiger charge is 2.58. The first kappa shape index (κ1) is 78.0. The number of esters is 1. The fraction of sp³-hybridized carbons (Fsp3) is 0.392. The van der Waals surface area contributed by atoms with Gasteiger partial charge in [-0.05, 0) is 107 Å². The van der Waals surface area contributed by atoms with Gasteiger partial charge in [0.2, 0.25) is 17.6 Å². The Morgan fingerprint density at radius 2 is 0.960 bits per heavy atom. The summed E-state index contributed by atoms with van der Waals surface area (Å²) in [4.78, 5) is 117. The van der Waals surface area contributed by atoms with Crippen molar-refractivity contribution < 1.29 is 97.5 Å². The second-order valence-corrected chi connectivity index (χ2v) is 26.8. The number of aliphatic carboxylic acids is 1. The maximum atomic E-state index is 13.5. The number of carboxylic acids is 1. The quantitative estimate of drug-likeness (QED) is 0.0104. The third-order valence-electron chi connectivity index (χ3n) is 16.8. The summed E-state index contributed by atoms with van der Waals surface area (Å²) < 4.78 is 29.7. The van der Waals surface area contributed by atoms with E-state index in [1.807, 2.05) is 60.7 Å². The predicted molar refractivity (Wildman–Crippen MR) is 376 cm³/mol. The van der Waals surface area contributed by atoms with Gasteiger partial charge in [0, 0.05) is 74.3 Å². The summed E-state index contributed by atoms with van der Waals surface area (Å²) in [5.41, 5.74) is 5.05. The van der Waals surface area contributed by atoms with Crippen molar-refractivity contribution in [3.8, 4) is 22.3 Å². The summed E-state index contributed by atoms with van der Waals surface area (Å²) in [6.45, 7) is 1.43. The van der Waals surface area contributed by atoms with Gasteiger partial charge >= 0.3 is 11.9 Å². The SMILES string of the molecule is CC(=O)N[C@H]1[C@H]([C@H](O)[C@H](O)CNC(=O)c2ccc(-c3ccccc3)cc2)O[C@@](OCCCSCCCC(=O)c2ccc(C(=O)NCCSCCCO[C@]3(C=O)C[C@H](O)[C@@H](NC(C)=O)[C@H]([C@H](O)[C@H](O)CNC(=O)c4ccc(-c5ccccc5)cc4)O3)cc2)(C(=O)O)C[C@@H]1OC(=O)c1ccccc1. The molecule has 2 aliphatic heterocycles. The molecule has 8 rings (SSSR count). The Kier molecular flexibility index (Phi) is 29.6. The average Bonchev–Trinajstić information content (AvgIpc) is 0.760. The fourth-order valence-corrected chi connectivity index (χ4v) is 13.2. The molecule has 2 aliphatic rings. The Morgan fingerprint density at radius 1 is 0.525 bits per heavy atom. The molecule has 27 heteroatoms. The summed E-state index contributed by atoms with van der Waals surface area (Å²) in [6, 6.07) is 43.9. The molecule has 2 heterocycles. The monoisotopic (exact) mass is 1430 g/mol. The minimum Gasteiger partial charge on any atom is -0.477 e. The van der Waals surface area contributed by atoms with E-state index in [1.54, 1.807) is 91.0 Å². The first-order valence-electron chi connectivity index (χ1n) is 33.1. The molecule has 0 aromatic heterocycles. The molecule has 12 atom stereocenters. The first-order chi connectivity index (χ1) is 48.6. The smallest absolute Gasteiger partial charge is 0.364 e. The number of aldehydes is 1. The van der Waals surface area contributed by atoms with Gasteiger partial charge in [0.25, 0.3) is 23.5 Å². The highest BCUT2D eigenvalue weighted by molar-refractivity contribution is 7.99. The molecule has 0 bridgehead atoms. The van der Waals surface area contributed by atoms with Crippen molar-refractivity contribution in [2.24, 2.45) is 0 Å². The van der Waals surface area contributed by atoms with Crippen LogP contribution >= 0.6 is 23.5 Å². The number of amides is 5. The van der Waals surface area contributed by atoms with Gasteiger partial charge in [0.1, 0.15) is 30.5 Å². The van der Waals surface area contributed by atoms with Gasteiger partial charge in [-0.2, -0.15) is 23.5 Å². The molecular formula is C74H85N5O20S2. The second kappa shape index (κ2) is 38.4. The van der Waals surface area contributed by atoms with Crippen molar-refractivity contribution in [3.05, 3.63) is 192 Å². The normalized spacial score (nSPS) is 21.5. The number of ether oxygens (including phenoxy) is 5. The van der Waals surface area contributed by atoms with Crippen molar-refractivity contribution in [1.29, 1.82) is 0 Å². The summed E-state index contributed by atoms with van der Waals surface area (Å²) in [7, 11) is 0. The molecule has 6 aromatic carbocycles. The predicted octanol–water partition coefficient (Wildman–Crippen LogP) is 5.15. The van der Waals surface area contributed by atoms with Crippen molar-refractivity contribution >= 4 is 77.1 Å². The van der Waals surface area contributed by atoms with Gasteiger partial charge in [0.05, 0.1) is 55.6 Å². The van der Waals surface area contributed by atoms with E-state index in [-0.39, 0.29) is 48.9 Å². The fourth-order valence-electron chi connectivity index (χ4n) is 11.5. The second-order valence-electron chi connectivity index (χ2n) is 24.3. The number of rotatable bonds is 37. The topological polar surface area (TPSA) is 381 Å². The summed E-state index contributed by atoms with van der Waals surface area (Å²) in [5, 5.41) is 80.5. The minimum atomic E-state index is -2.57. The van der Waals surface area contributed by atoms with Crippen LogP contribution in [0.3, 0.4) is 0 Å². The molecule has 0 unspecified atom stereocenters. The zero-order valence-electron chi connectivity index (χ0n) is 55.8. The van der Waals surface area contributed by atoms with E-state index in [1.165, 1.54) is 42.6 Å². The van der Waals surface area contributed by atoms with Gasteiger partial charge < -0.3 is 80.9 Å². The molecule has 0 spiro atoms. The van der Waals surface area contributed by atoms with Crippen LogP contribution < -0.4 is 26.6 Å². The Bertz CT molecular complexity index is 3720. The van der Waals surface area contributed by atoms with E-state index in [2.05, 4.69) is 26.6 Å². The number of hydrogen-bond donors (Lipinski definition) is 11. The number of carbonyl (C=O) groups excluding carboxylic acids is 8. The first-order valence-corrected chi connectivity index (χ1v) is 35.4. The number of nitrogens with one attached hydrogen (secondary N) is 5. The number of thioether (sulfide) groups is 2. The number of carbonyl (C=O) groups is 9. The lowest BCUT2D eigenvalue weighted by molar-refractivity contribution is -0.310. The summed E-state index contributed by atoms with van der Waals surface area (Å²) in [6.07, 6.45) is -12.9. The lowest BCUT2D eigenvalue weighted by atomic mass is 9.88. The van der Waals surface area contributed by atoms with E-state index in [4.69, 9.17) is 23.7 Å². The zero-order chi connectivity index (χ0) is 72.5. The van der Waals surface area contributed by atoms with Crippen LogP contribution in [0.4, 0.5) is 0 Å². The highest BCUT2D eigenvalue weighted by Crippen LogP contribution is 2.37. The average molecular weight is 1430 g/mol. The van der Waals surface area contributed by atoms with Crippen molar-refractivity contribution in [1.82, 2.24) is 26.6 Å². The molecule has 2 fully saturated rings. The van der Waals surface area contributed by atoms with Crippen LogP contribution in [0.2, 0.25) is 0 Å². The van der Waals surface area contributed by atoms with Crippen LogP contribution in [-0.4, -0.2) is 213 Å². The van der Waals surface area contributed by atoms with E-state index in [0.717, 1.165) is 29.2 Å². The number of ketones is 1. The standard InChI is InChI=1S/C74H85N5O20S2/c1-46(81)78-62-58(84)41-73(45-80,98-66(62)64(87)59(85)43-76-69(90)54-28-22-50(23-29-54)48-15-6-3-7-16-48)95-35-13-39-101-40-34-75-68(89)53-32-26-52(27-33-53)57(83)21-12-37-100-38-14-36-96-74(72(93)94)42-61(97-71(92)56-19-10-5-11-20-56)63(79-47(2)82)67(99-74)65(88)60(86)44-77-70(91)55-30-24-51(25-31-55)49-17-8-4-9-18-49/h3-11,15-20,22-33,45,58-67,84-88H,12-14,21,34-44H2,1-2H3,(H,75,89)(H,76,90)(H,77,91)(H,78,81)(H,79,82)(H,93,94)/t58-,59+,60+,61-,62+,63+,64+,65+,66+,67+,73+,74+/m0/s1. The van der Waals surface area contributed by atoms with Crippen LogP contribution in [0.15, 0.2) is 164 Å². The van der Waals surface area contributed by atoms with E-state index in [9.17, 15) is 73.8 Å². The molecule has 6 aromatic rings. The number of aliphatic hydroxyl groups excluding tert-OH is 5. The molecule has 0 aliphatic carbocycles. The molecule has 0 radical (unpaired) electrons. The summed E-state index contributed by atoms with van der Waals surface area (Å²) in [5.74, 6) is -7.96. The highest BCUT2D eigenvalue weighted by atomic mass is 32.2. The Balaban J connectivity index is 0.737. The van der Waals surface area contributed by atoms with Gasteiger partial charge in [-0.15, -0.1) is 0 Å². The largest absolute Gasteiger partial charge is 0.477 e. The van der Waals surface area contributed by atoms with Crippen LogP contribution in [0.25, 0.3) is 22.3 Å².